The van der Waals surface area contributed by atoms with Crippen LogP contribution in [0, 0.1) is 5.92 Å². The Morgan fingerprint density at radius 1 is 1.35 bits per heavy atom. The van der Waals surface area contributed by atoms with Gasteiger partial charge in [-0.15, -0.1) is 0 Å². The summed E-state index contributed by atoms with van der Waals surface area (Å²) in [6, 6.07) is 4.79. The number of nitrogens with zero attached hydrogens (tertiary/aromatic N) is 1. The molecule has 1 fully saturated rings. The van der Waals surface area contributed by atoms with Crippen molar-refractivity contribution in [2.45, 2.75) is 64.6 Å². The van der Waals surface area contributed by atoms with E-state index < -0.39 is 5.60 Å². The van der Waals surface area contributed by atoms with E-state index in [0.717, 1.165) is 12.8 Å². The van der Waals surface area contributed by atoms with Gasteiger partial charge in [-0.1, -0.05) is 6.42 Å². The molecule has 3 atom stereocenters. The summed E-state index contributed by atoms with van der Waals surface area (Å²) in [6.07, 6.45) is 6.80. The Balaban J connectivity index is 1.82. The highest BCUT2D eigenvalue weighted by Gasteiger charge is 2.29. The minimum Gasteiger partial charge on any atom is -0.444 e. The van der Waals surface area contributed by atoms with Crippen LogP contribution < -0.4 is 10.6 Å². The summed E-state index contributed by atoms with van der Waals surface area (Å²) in [6.45, 7) is 8.47. The van der Waals surface area contributed by atoms with Gasteiger partial charge in [0.1, 0.15) is 5.60 Å². The van der Waals surface area contributed by atoms with E-state index in [1.165, 1.54) is 12.0 Å². The quantitative estimate of drug-likeness (QED) is 0.873. The highest BCUT2D eigenvalue weighted by Crippen LogP contribution is 2.27. The van der Waals surface area contributed by atoms with Crippen LogP contribution >= 0.6 is 0 Å². The molecule has 0 spiro atoms. The summed E-state index contributed by atoms with van der Waals surface area (Å²) < 4.78 is 5.31. The number of hydrogen-bond acceptors (Lipinski definition) is 4. The number of aromatic nitrogens is 1. The van der Waals surface area contributed by atoms with Crippen molar-refractivity contribution in [3.63, 3.8) is 0 Å². The predicted octanol–water partition coefficient (Wildman–Crippen LogP) is 3.43. The molecule has 5 heteroatoms. The molecule has 0 aliphatic heterocycles. The van der Waals surface area contributed by atoms with Gasteiger partial charge in [0.25, 0.3) is 0 Å². The number of nitrogens with one attached hydrogen (secondary N) is 2. The van der Waals surface area contributed by atoms with Gasteiger partial charge < -0.3 is 15.4 Å². The number of hydrogen-bond donors (Lipinski definition) is 2. The van der Waals surface area contributed by atoms with Gasteiger partial charge in [-0.25, -0.2) is 4.79 Å². The first-order chi connectivity index (χ1) is 10.8. The van der Waals surface area contributed by atoms with Gasteiger partial charge in [0, 0.05) is 31.0 Å². The number of alkyl carbamates (subject to hydrolysis) is 1. The van der Waals surface area contributed by atoms with Gasteiger partial charge in [0.15, 0.2) is 0 Å². The van der Waals surface area contributed by atoms with E-state index in [4.69, 9.17) is 4.74 Å². The van der Waals surface area contributed by atoms with E-state index in [9.17, 15) is 4.79 Å². The molecular formula is C18H29N3O2. The molecule has 1 saturated carbocycles. The number of carbonyl (C=O) groups is 1. The largest absolute Gasteiger partial charge is 0.444 e. The molecule has 2 N–H and O–H groups in total. The van der Waals surface area contributed by atoms with E-state index in [0.29, 0.717) is 18.5 Å². The van der Waals surface area contributed by atoms with Crippen LogP contribution in [-0.4, -0.2) is 29.3 Å². The predicted molar refractivity (Wildman–Crippen MR) is 91.2 cm³/mol. The molecule has 1 heterocycles. The fourth-order valence-corrected chi connectivity index (χ4v) is 3.10. The zero-order chi connectivity index (χ0) is 16.9. The third-order valence-electron chi connectivity index (χ3n) is 4.24. The molecule has 0 radical (unpaired) electrons. The molecule has 0 bridgehead atoms. The van der Waals surface area contributed by atoms with E-state index in [1.807, 2.05) is 45.3 Å². The molecule has 5 nitrogen and oxygen atoms in total. The van der Waals surface area contributed by atoms with E-state index in [2.05, 4.69) is 22.5 Å². The van der Waals surface area contributed by atoms with Crippen LogP contribution in [-0.2, 0) is 4.74 Å². The van der Waals surface area contributed by atoms with Crippen molar-refractivity contribution in [2.24, 2.45) is 5.92 Å². The molecule has 1 aliphatic carbocycles. The van der Waals surface area contributed by atoms with Gasteiger partial charge in [-0.3, -0.25) is 4.98 Å². The fourth-order valence-electron chi connectivity index (χ4n) is 3.10. The maximum absolute atomic E-state index is 11.8. The Labute approximate surface area is 139 Å². The third-order valence-corrected chi connectivity index (χ3v) is 4.24. The summed E-state index contributed by atoms with van der Waals surface area (Å²) >= 11 is 0. The van der Waals surface area contributed by atoms with Crippen molar-refractivity contribution < 1.29 is 9.53 Å². The Bertz CT molecular complexity index is 499. The van der Waals surface area contributed by atoms with E-state index in [1.54, 1.807) is 0 Å². The molecule has 1 aliphatic rings. The molecule has 23 heavy (non-hydrogen) atoms. The maximum atomic E-state index is 11.8. The second-order valence-electron chi connectivity index (χ2n) is 7.35. The summed E-state index contributed by atoms with van der Waals surface area (Å²) in [4.78, 5) is 15.9. The van der Waals surface area contributed by atoms with Crippen LogP contribution in [0.3, 0.4) is 0 Å². The van der Waals surface area contributed by atoms with Crippen LogP contribution in [0.4, 0.5) is 4.79 Å². The number of rotatable bonds is 5. The van der Waals surface area contributed by atoms with Crippen LogP contribution in [0.25, 0.3) is 0 Å². The zero-order valence-corrected chi connectivity index (χ0v) is 14.6. The summed E-state index contributed by atoms with van der Waals surface area (Å²) in [5.41, 5.74) is 0.790. The van der Waals surface area contributed by atoms with Crippen molar-refractivity contribution in [3.05, 3.63) is 30.1 Å². The minimum absolute atomic E-state index is 0.283. The van der Waals surface area contributed by atoms with Gasteiger partial charge in [0.05, 0.1) is 0 Å². The molecule has 2 rings (SSSR count). The Kier molecular flexibility index (Phi) is 5.99. The zero-order valence-electron chi connectivity index (χ0n) is 14.6. The molecular weight excluding hydrogens is 290 g/mol. The average molecular weight is 319 g/mol. The van der Waals surface area contributed by atoms with Crippen molar-refractivity contribution in [3.8, 4) is 0 Å². The summed E-state index contributed by atoms with van der Waals surface area (Å²) in [7, 11) is 0. The summed E-state index contributed by atoms with van der Waals surface area (Å²) in [5.74, 6) is 0.451. The second-order valence-corrected chi connectivity index (χ2v) is 7.35. The smallest absolute Gasteiger partial charge is 0.407 e. The molecule has 2 unspecified atom stereocenters. The summed E-state index contributed by atoms with van der Waals surface area (Å²) in [5, 5.41) is 6.61. The highest BCUT2D eigenvalue weighted by molar-refractivity contribution is 5.67. The first kappa shape index (κ1) is 17.7. The van der Waals surface area contributed by atoms with Crippen molar-refractivity contribution in [1.29, 1.82) is 0 Å². The van der Waals surface area contributed by atoms with Crippen LogP contribution in [0.5, 0.6) is 0 Å². The fraction of sp³-hybridized carbons (Fsp3) is 0.667. The molecule has 1 aromatic heterocycles. The average Bonchev–Trinajstić information content (AvgIpc) is 2.91. The van der Waals surface area contributed by atoms with Crippen LogP contribution in [0.1, 0.15) is 58.6 Å². The van der Waals surface area contributed by atoms with Crippen molar-refractivity contribution in [2.75, 3.05) is 6.54 Å². The lowest BCUT2D eigenvalue weighted by Crippen LogP contribution is -2.41. The first-order valence-corrected chi connectivity index (χ1v) is 8.48. The lowest BCUT2D eigenvalue weighted by atomic mass is 10.0. The van der Waals surface area contributed by atoms with Gasteiger partial charge in [-0.05, 0) is 64.2 Å². The van der Waals surface area contributed by atoms with E-state index >= 15 is 0 Å². The standard InChI is InChI=1S/C18H29N3O2/c1-13(14-8-10-19-11-9-14)21-16-7-5-6-15(16)12-20-17(22)23-18(2,3)4/h8-11,13,15-16,21H,5-7,12H2,1-4H3,(H,20,22)/t13-,15?,16?/m1/s1. The van der Waals surface area contributed by atoms with Crippen molar-refractivity contribution >= 4 is 6.09 Å². The van der Waals surface area contributed by atoms with Gasteiger partial charge in [0.2, 0.25) is 0 Å². The molecule has 0 aromatic carbocycles. The molecule has 1 amide bonds. The van der Waals surface area contributed by atoms with Crippen LogP contribution in [0.2, 0.25) is 0 Å². The Morgan fingerprint density at radius 3 is 2.70 bits per heavy atom. The number of amides is 1. The van der Waals surface area contributed by atoms with Crippen molar-refractivity contribution in [1.82, 2.24) is 15.6 Å². The first-order valence-electron chi connectivity index (χ1n) is 8.48. The third kappa shape index (κ3) is 5.82. The monoisotopic (exact) mass is 319 g/mol. The Hall–Kier alpha value is -1.62. The number of pyridine rings is 1. The van der Waals surface area contributed by atoms with Gasteiger partial charge >= 0.3 is 6.09 Å². The Morgan fingerprint density at radius 2 is 2.04 bits per heavy atom. The maximum Gasteiger partial charge on any atom is 0.407 e. The molecule has 0 saturated heterocycles. The minimum atomic E-state index is -0.451. The normalized spacial score (nSPS) is 22.6. The number of ether oxygens (including phenoxy) is 1. The van der Waals surface area contributed by atoms with E-state index in [-0.39, 0.29) is 12.1 Å². The number of carbonyl (C=O) groups excluding carboxylic acids is 1. The van der Waals surface area contributed by atoms with Gasteiger partial charge in [-0.2, -0.15) is 0 Å². The lowest BCUT2D eigenvalue weighted by molar-refractivity contribution is 0.0517. The molecule has 128 valence electrons. The van der Waals surface area contributed by atoms with Crippen LogP contribution in [0.15, 0.2) is 24.5 Å². The second kappa shape index (κ2) is 7.77. The molecule has 1 aromatic rings. The highest BCUT2D eigenvalue weighted by atomic mass is 16.6. The topological polar surface area (TPSA) is 63.2 Å². The lowest BCUT2D eigenvalue weighted by Gasteiger charge is -2.26. The SMILES string of the molecule is C[C@@H](NC1CCCC1CNC(=O)OC(C)(C)C)c1ccncc1.